The van der Waals surface area contributed by atoms with E-state index in [4.69, 9.17) is 0 Å². The Bertz CT molecular complexity index is 734. The minimum Gasteiger partial charge on any atom is -0.348 e. The molecule has 1 fully saturated rings. The largest absolute Gasteiger partial charge is 0.348 e. The first-order valence-corrected chi connectivity index (χ1v) is 9.62. The molecule has 1 saturated heterocycles. The monoisotopic (exact) mass is 399 g/mol. The Hall–Kier alpha value is -1.91. The van der Waals surface area contributed by atoms with Crippen molar-refractivity contribution in [1.29, 1.82) is 0 Å². The molecule has 0 saturated carbocycles. The Kier molecular flexibility index (Phi) is 6.42. The number of benzene rings is 2. The molecule has 2 aromatic rings. The summed E-state index contributed by atoms with van der Waals surface area (Å²) in [7, 11) is 0. The summed E-state index contributed by atoms with van der Waals surface area (Å²) >= 11 is 3.41. The number of carbonyl (C=O) groups is 1. The number of hydrogen-bond acceptors (Lipinski definition) is 1. The minimum atomic E-state index is -0.0637. The number of likely N-dealkylation sites (tertiary alicyclic amines) is 1. The second-order valence-electron chi connectivity index (χ2n) is 6.51. The highest BCUT2D eigenvalue weighted by Gasteiger charge is 2.17. The molecule has 1 aliphatic rings. The van der Waals surface area contributed by atoms with Gasteiger partial charge >= 0.3 is 0 Å². The van der Waals surface area contributed by atoms with Crippen molar-refractivity contribution in [2.75, 3.05) is 13.1 Å². The molecule has 0 aliphatic carbocycles. The van der Waals surface area contributed by atoms with E-state index in [0.29, 0.717) is 6.54 Å². The molecule has 2 N–H and O–H groups in total. The molecule has 2 aromatic carbocycles. The number of hydrogen-bond donors (Lipinski definition) is 2. The fraction of sp³-hybridized carbons (Fsp3) is 0.286. The minimum absolute atomic E-state index is 0.0637. The van der Waals surface area contributed by atoms with Gasteiger partial charge in [-0.3, -0.25) is 4.79 Å². The summed E-state index contributed by atoms with van der Waals surface area (Å²) in [4.78, 5) is 13.7. The van der Waals surface area contributed by atoms with Gasteiger partial charge < -0.3 is 10.2 Å². The zero-order chi connectivity index (χ0) is 17.5. The van der Waals surface area contributed by atoms with Crippen molar-refractivity contribution in [3.05, 3.63) is 75.8 Å². The molecule has 1 aliphatic heterocycles. The highest BCUT2D eigenvalue weighted by Crippen LogP contribution is 2.11. The van der Waals surface area contributed by atoms with Crippen molar-refractivity contribution >= 4 is 27.9 Å². The van der Waals surface area contributed by atoms with Crippen molar-refractivity contribution in [3.63, 3.8) is 0 Å². The van der Waals surface area contributed by atoms with Crippen LogP contribution in [0.4, 0.5) is 0 Å². The van der Waals surface area contributed by atoms with Gasteiger partial charge in [0.15, 0.2) is 0 Å². The van der Waals surface area contributed by atoms with Gasteiger partial charge in [0, 0.05) is 35.5 Å². The Morgan fingerprint density at radius 1 is 1.04 bits per heavy atom. The lowest BCUT2D eigenvalue weighted by molar-refractivity contribution is -0.901. The van der Waals surface area contributed by atoms with E-state index in [2.05, 4.69) is 39.4 Å². The first-order valence-electron chi connectivity index (χ1n) is 8.82. The molecule has 4 heteroatoms. The topological polar surface area (TPSA) is 33.5 Å². The van der Waals surface area contributed by atoms with Gasteiger partial charge in [0.25, 0.3) is 0 Å². The number of quaternary nitrogens is 1. The van der Waals surface area contributed by atoms with Crippen LogP contribution in [0.5, 0.6) is 0 Å². The Balaban J connectivity index is 1.55. The van der Waals surface area contributed by atoms with E-state index in [0.717, 1.165) is 16.6 Å². The summed E-state index contributed by atoms with van der Waals surface area (Å²) in [5.41, 5.74) is 3.57. The maximum Gasteiger partial charge on any atom is 0.244 e. The first kappa shape index (κ1) is 17.9. The van der Waals surface area contributed by atoms with E-state index < -0.39 is 0 Å². The van der Waals surface area contributed by atoms with Crippen molar-refractivity contribution in [2.24, 2.45) is 0 Å². The van der Waals surface area contributed by atoms with Gasteiger partial charge in [-0.05, 0) is 29.3 Å². The average molecular weight is 400 g/mol. The van der Waals surface area contributed by atoms with Gasteiger partial charge in [-0.1, -0.05) is 52.3 Å². The third kappa shape index (κ3) is 5.55. The van der Waals surface area contributed by atoms with E-state index in [-0.39, 0.29) is 5.91 Å². The van der Waals surface area contributed by atoms with Crippen molar-refractivity contribution < 1.29 is 9.69 Å². The molecule has 3 nitrogen and oxygen atoms in total. The second kappa shape index (κ2) is 8.97. The molecule has 0 atom stereocenters. The van der Waals surface area contributed by atoms with Crippen LogP contribution in [0.2, 0.25) is 0 Å². The highest BCUT2D eigenvalue weighted by atomic mass is 79.9. The van der Waals surface area contributed by atoms with Gasteiger partial charge in [-0.25, -0.2) is 0 Å². The molecule has 0 radical (unpaired) electrons. The number of halogens is 1. The maximum atomic E-state index is 12.1. The molecule has 1 heterocycles. The molecule has 25 heavy (non-hydrogen) atoms. The zero-order valence-electron chi connectivity index (χ0n) is 14.3. The van der Waals surface area contributed by atoms with Crippen molar-refractivity contribution in [1.82, 2.24) is 5.32 Å². The molecular formula is C21H24BrN2O+. The predicted octanol–water partition coefficient (Wildman–Crippen LogP) is 2.96. The van der Waals surface area contributed by atoms with Crippen LogP contribution >= 0.6 is 15.9 Å². The van der Waals surface area contributed by atoms with E-state index in [9.17, 15) is 4.79 Å². The van der Waals surface area contributed by atoms with Crippen LogP contribution in [0.3, 0.4) is 0 Å². The normalized spacial score (nSPS) is 14.9. The van der Waals surface area contributed by atoms with Gasteiger partial charge in [-0.15, -0.1) is 0 Å². The van der Waals surface area contributed by atoms with Crippen LogP contribution in [0.1, 0.15) is 29.5 Å². The summed E-state index contributed by atoms with van der Waals surface area (Å²) < 4.78 is 1.03. The quantitative estimate of drug-likeness (QED) is 0.719. The number of rotatable bonds is 6. The fourth-order valence-electron chi connectivity index (χ4n) is 3.21. The van der Waals surface area contributed by atoms with Crippen LogP contribution in [0.15, 0.2) is 59.1 Å². The number of carbonyl (C=O) groups excluding carboxylic acids is 1. The SMILES string of the molecule is O=C(/C=C/c1ccc(Br)cc1)NCc1ccccc1C[NH+]1CCCC1. The molecule has 1 amide bonds. The lowest BCUT2D eigenvalue weighted by atomic mass is 10.1. The van der Waals surface area contributed by atoms with Gasteiger partial charge in [-0.2, -0.15) is 0 Å². The van der Waals surface area contributed by atoms with E-state index >= 15 is 0 Å². The van der Waals surface area contributed by atoms with Crippen LogP contribution in [-0.4, -0.2) is 19.0 Å². The van der Waals surface area contributed by atoms with E-state index in [1.54, 1.807) is 11.0 Å². The summed E-state index contributed by atoms with van der Waals surface area (Å²) in [5.74, 6) is -0.0637. The summed E-state index contributed by atoms with van der Waals surface area (Å²) in [6, 6.07) is 16.3. The fourth-order valence-corrected chi connectivity index (χ4v) is 3.47. The van der Waals surface area contributed by atoms with Gasteiger partial charge in [0.2, 0.25) is 5.91 Å². The van der Waals surface area contributed by atoms with Crippen molar-refractivity contribution in [3.8, 4) is 0 Å². The number of amides is 1. The van der Waals surface area contributed by atoms with E-state index in [1.807, 2.05) is 36.4 Å². The van der Waals surface area contributed by atoms with Crippen LogP contribution in [0, 0.1) is 0 Å². The molecular weight excluding hydrogens is 376 g/mol. The molecule has 0 spiro atoms. The predicted molar refractivity (Wildman–Crippen MR) is 105 cm³/mol. The Labute approximate surface area is 157 Å². The smallest absolute Gasteiger partial charge is 0.244 e. The van der Waals surface area contributed by atoms with Crippen LogP contribution in [-0.2, 0) is 17.9 Å². The summed E-state index contributed by atoms with van der Waals surface area (Å²) in [5, 5.41) is 3.00. The maximum absolute atomic E-state index is 12.1. The van der Waals surface area contributed by atoms with Gasteiger partial charge in [0.05, 0.1) is 13.1 Å². The van der Waals surface area contributed by atoms with Crippen molar-refractivity contribution in [2.45, 2.75) is 25.9 Å². The Morgan fingerprint density at radius 2 is 1.72 bits per heavy atom. The summed E-state index contributed by atoms with van der Waals surface area (Å²) in [6.45, 7) is 4.15. The number of nitrogens with one attached hydrogen (secondary N) is 2. The average Bonchev–Trinajstić information content (AvgIpc) is 3.13. The van der Waals surface area contributed by atoms with Gasteiger partial charge in [0.1, 0.15) is 6.54 Å². The third-order valence-corrected chi connectivity index (χ3v) is 5.15. The Morgan fingerprint density at radius 3 is 2.44 bits per heavy atom. The zero-order valence-corrected chi connectivity index (χ0v) is 15.9. The molecule has 3 rings (SSSR count). The second-order valence-corrected chi connectivity index (χ2v) is 7.42. The first-order chi connectivity index (χ1) is 12.2. The lowest BCUT2D eigenvalue weighted by Crippen LogP contribution is -3.08. The molecule has 130 valence electrons. The highest BCUT2D eigenvalue weighted by molar-refractivity contribution is 9.10. The van der Waals surface area contributed by atoms with Crippen LogP contribution < -0.4 is 10.2 Å². The van der Waals surface area contributed by atoms with E-state index in [1.165, 1.54) is 37.1 Å². The molecule has 0 unspecified atom stereocenters. The molecule has 0 bridgehead atoms. The lowest BCUT2D eigenvalue weighted by Gasteiger charge is -2.15. The molecule has 0 aromatic heterocycles. The third-order valence-electron chi connectivity index (χ3n) is 4.62. The summed E-state index contributed by atoms with van der Waals surface area (Å²) in [6.07, 6.45) is 6.09. The van der Waals surface area contributed by atoms with Crippen LogP contribution in [0.25, 0.3) is 6.08 Å². The standard InChI is InChI=1S/C21H23BrN2O/c22-20-10-7-17(8-11-20)9-12-21(25)23-15-18-5-1-2-6-19(18)16-24-13-3-4-14-24/h1-2,5-12H,3-4,13-16H2,(H,23,25)/p+1/b12-9+.